The van der Waals surface area contributed by atoms with E-state index in [0.717, 1.165) is 24.4 Å². The molecule has 3 aliphatic heterocycles. The molecule has 1 fully saturated rings. The zero-order chi connectivity index (χ0) is 23.5. The first-order valence-corrected chi connectivity index (χ1v) is 13.2. The molecule has 0 unspecified atom stereocenters. The Morgan fingerprint density at radius 1 is 1.15 bits per heavy atom. The second-order valence-corrected chi connectivity index (χ2v) is 10.8. The monoisotopic (exact) mass is 484 g/mol. The predicted molar refractivity (Wildman–Crippen MR) is 132 cm³/mol. The number of pyridine rings is 1. The lowest BCUT2D eigenvalue weighted by atomic mass is 10.1. The molecule has 0 spiro atoms. The fourth-order valence-electron chi connectivity index (χ4n) is 4.21. The Bertz CT molecular complexity index is 1110. The van der Waals surface area contributed by atoms with Gasteiger partial charge >= 0.3 is 0 Å². The van der Waals surface area contributed by atoms with Gasteiger partial charge in [-0.1, -0.05) is 6.07 Å². The van der Waals surface area contributed by atoms with Gasteiger partial charge in [-0.2, -0.15) is 10.6 Å². The Hall–Kier alpha value is -2.99. The van der Waals surface area contributed by atoms with Crippen molar-refractivity contribution in [3.05, 3.63) is 53.9 Å². The van der Waals surface area contributed by atoms with Crippen LogP contribution < -0.4 is 10.1 Å². The minimum absolute atomic E-state index is 0.280. The highest BCUT2D eigenvalue weighted by Crippen LogP contribution is 2.40. The smallest absolute Gasteiger partial charge is 0.259 e. The van der Waals surface area contributed by atoms with Gasteiger partial charge in [0.25, 0.3) is 5.91 Å². The SMILES string of the molecule is O=C(NC1=Nc2c(OCCCN3CCS(O)(O)CC3)cccc2C2=NCCN12)c1cccnc1. The van der Waals surface area contributed by atoms with Gasteiger partial charge in [0.05, 0.1) is 30.2 Å². The molecule has 11 heteroatoms. The molecule has 10 nitrogen and oxygen atoms in total. The summed E-state index contributed by atoms with van der Waals surface area (Å²) in [6.45, 7) is 4.01. The lowest BCUT2D eigenvalue weighted by molar-refractivity contribution is 0.0973. The minimum atomic E-state index is -2.37. The first-order valence-electron chi connectivity index (χ1n) is 11.3. The minimum Gasteiger partial charge on any atom is -0.491 e. The van der Waals surface area contributed by atoms with Gasteiger partial charge in [0.2, 0.25) is 5.96 Å². The zero-order valence-corrected chi connectivity index (χ0v) is 19.6. The molecular weight excluding hydrogens is 456 g/mol. The summed E-state index contributed by atoms with van der Waals surface area (Å²) in [6.07, 6.45) is 3.95. The van der Waals surface area contributed by atoms with E-state index in [2.05, 4.69) is 20.2 Å². The zero-order valence-electron chi connectivity index (χ0n) is 18.8. The van der Waals surface area contributed by atoms with Crippen molar-refractivity contribution in [2.24, 2.45) is 9.98 Å². The molecule has 1 aromatic carbocycles. The third kappa shape index (κ3) is 4.92. The number of hydrogen-bond donors (Lipinski definition) is 3. The van der Waals surface area contributed by atoms with Crippen LogP contribution in [-0.2, 0) is 0 Å². The number of benzene rings is 1. The van der Waals surface area contributed by atoms with Crippen molar-refractivity contribution < 1.29 is 18.6 Å². The highest BCUT2D eigenvalue weighted by molar-refractivity contribution is 8.24. The number of guanidine groups is 1. The lowest BCUT2D eigenvalue weighted by Crippen LogP contribution is -2.47. The van der Waals surface area contributed by atoms with Gasteiger partial charge in [-0.3, -0.25) is 34.1 Å². The maximum atomic E-state index is 12.7. The van der Waals surface area contributed by atoms with Gasteiger partial charge in [0.1, 0.15) is 17.3 Å². The van der Waals surface area contributed by atoms with Crippen LogP contribution in [0.15, 0.2) is 52.7 Å². The Balaban J connectivity index is 1.28. The van der Waals surface area contributed by atoms with Gasteiger partial charge in [0.15, 0.2) is 0 Å². The van der Waals surface area contributed by atoms with E-state index in [9.17, 15) is 13.9 Å². The number of amides is 1. The van der Waals surface area contributed by atoms with Crippen LogP contribution in [0, 0.1) is 0 Å². The first-order chi connectivity index (χ1) is 16.5. The second kappa shape index (κ2) is 9.71. The molecule has 1 aromatic heterocycles. The van der Waals surface area contributed by atoms with E-state index < -0.39 is 10.6 Å². The Labute approximate surface area is 199 Å². The van der Waals surface area contributed by atoms with Crippen molar-refractivity contribution >= 4 is 34.0 Å². The number of aliphatic imine (C=N–C) groups is 2. The maximum Gasteiger partial charge on any atom is 0.259 e. The number of fused-ring (bicyclic) bond motifs is 3. The van der Waals surface area contributed by atoms with Crippen molar-refractivity contribution in [2.45, 2.75) is 6.42 Å². The quantitative estimate of drug-likeness (QED) is 0.538. The Morgan fingerprint density at radius 3 is 2.79 bits per heavy atom. The number of hydrogen-bond acceptors (Lipinski definition) is 9. The second-order valence-electron chi connectivity index (χ2n) is 8.39. The van der Waals surface area contributed by atoms with Crippen LogP contribution in [0.2, 0.25) is 0 Å². The summed E-state index contributed by atoms with van der Waals surface area (Å²) in [5.74, 6) is 2.47. The largest absolute Gasteiger partial charge is 0.491 e. The van der Waals surface area contributed by atoms with Gasteiger partial charge < -0.3 is 9.64 Å². The van der Waals surface area contributed by atoms with E-state index in [1.807, 2.05) is 23.1 Å². The van der Waals surface area contributed by atoms with E-state index in [1.54, 1.807) is 18.3 Å². The molecule has 2 aromatic rings. The van der Waals surface area contributed by atoms with E-state index in [-0.39, 0.29) is 5.91 Å². The Kier molecular flexibility index (Phi) is 6.50. The summed E-state index contributed by atoms with van der Waals surface area (Å²) in [6, 6.07) is 9.20. The van der Waals surface area contributed by atoms with E-state index in [4.69, 9.17) is 9.73 Å². The molecule has 3 aliphatic rings. The van der Waals surface area contributed by atoms with Crippen LogP contribution in [-0.4, -0.2) is 92.4 Å². The number of aromatic nitrogens is 1. The molecule has 3 N–H and O–H groups in total. The highest BCUT2D eigenvalue weighted by Gasteiger charge is 2.32. The summed E-state index contributed by atoms with van der Waals surface area (Å²) in [5, 5.41) is 2.91. The van der Waals surface area contributed by atoms with E-state index in [1.165, 1.54) is 6.20 Å². The fourth-order valence-corrected chi connectivity index (χ4v) is 5.51. The standard InChI is InChI=1S/C23H28N6O4S/c30-22(17-4-2-7-24-16-17)27-23-26-20-18(21-25-8-10-29(21)23)5-1-6-19(20)33-13-3-9-28-11-14-34(31,32)15-12-28/h1-2,4-7,16,31-32H,3,8-15H2,(H,26,27,30). The molecule has 0 saturated carbocycles. The van der Waals surface area contributed by atoms with Gasteiger partial charge in [0, 0.05) is 44.1 Å². The van der Waals surface area contributed by atoms with Crippen molar-refractivity contribution in [2.75, 3.05) is 50.8 Å². The van der Waals surface area contributed by atoms with Crippen LogP contribution in [0.3, 0.4) is 0 Å². The summed E-state index contributed by atoms with van der Waals surface area (Å²) < 4.78 is 25.6. The van der Waals surface area contributed by atoms with Gasteiger partial charge in [-0.15, -0.1) is 0 Å². The molecule has 0 atom stereocenters. The molecule has 0 bridgehead atoms. The molecule has 180 valence electrons. The average molecular weight is 485 g/mol. The number of nitrogens with zero attached hydrogens (tertiary/aromatic N) is 5. The topological polar surface area (TPSA) is 123 Å². The predicted octanol–water partition coefficient (Wildman–Crippen LogP) is 2.41. The van der Waals surface area contributed by atoms with Crippen LogP contribution in [0.25, 0.3) is 0 Å². The average Bonchev–Trinajstić information content (AvgIpc) is 3.34. The van der Waals surface area contributed by atoms with Gasteiger partial charge in [-0.25, -0.2) is 4.99 Å². The number of amidine groups is 1. The molecule has 0 aliphatic carbocycles. The third-order valence-electron chi connectivity index (χ3n) is 6.05. The number of carbonyl (C=O) groups excluding carboxylic acids is 1. The lowest BCUT2D eigenvalue weighted by Gasteiger charge is -2.40. The van der Waals surface area contributed by atoms with Crippen molar-refractivity contribution in [1.29, 1.82) is 0 Å². The molecule has 1 saturated heterocycles. The summed E-state index contributed by atoms with van der Waals surface area (Å²) >= 11 is 0. The molecule has 1 amide bonds. The number of carbonyl (C=O) groups is 1. The molecule has 4 heterocycles. The van der Waals surface area contributed by atoms with Crippen molar-refractivity contribution in [1.82, 2.24) is 20.1 Å². The molecule has 5 rings (SSSR count). The van der Waals surface area contributed by atoms with Gasteiger partial charge in [-0.05, 0) is 30.7 Å². The maximum absolute atomic E-state index is 12.7. The van der Waals surface area contributed by atoms with Crippen LogP contribution in [0.1, 0.15) is 22.3 Å². The highest BCUT2D eigenvalue weighted by atomic mass is 32.3. The van der Waals surface area contributed by atoms with E-state index in [0.29, 0.717) is 67.3 Å². The first kappa shape index (κ1) is 22.8. The normalized spacial score (nSPS) is 20.0. The number of ether oxygens (including phenoxy) is 1. The summed E-state index contributed by atoms with van der Waals surface area (Å²) in [7, 11) is -2.37. The number of para-hydroxylation sites is 1. The van der Waals surface area contributed by atoms with E-state index >= 15 is 0 Å². The summed E-state index contributed by atoms with van der Waals surface area (Å²) in [5.41, 5.74) is 2.00. The van der Waals surface area contributed by atoms with Crippen molar-refractivity contribution in [3.63, 3.8) is 0 Å². The Morgan fingerprint density at radius 2 is 2.00 bits per heavy atom. The summed E-state index contributed by atoms with van der Waals surface area (Å²) in [4.78, 5) is 30.3. The van der Waals surface area contributed by atoms with Crippen LogP contribution in [0.5, 0.6) is 5.75 Å². The van der Waals surface area contributed by atoms with Crippen LogP contribution in [0.4, 0.5) is 5.69 Å². The number of nitrogens with one attached hydrogen (secondary N) is 1. The fraction of sp³-hybridized carbons (Fsp3) is 0.391. The third-order valence-corrected chi connectivity index (χ3v) is 7.72. The van der Waals surface area contributed by atoms with Crippen molar-refractivity contribution in [3.8, 4) is 5.75 Å². The molecular formula is C23H28N6O4S. The molecule has 0 radical (unpaired) electrons. The molecule has 34 heavy (non-hydrogen) atoms. The number of rotatable bonds is 6. The van der Waals surface area contributed by atoms with Crippen LogP contribution >= 0.6 is 10.6 Å².